The van der Waals surface area contributed by atoms with Crippen LogP contribution in [0, 0.1) is 0 Å². The summed E-state index contributed by atoms with van der Waals surface area (Å²) in [6.07, 6.45) is 1.77. The molecule has 1 aliphatic heterocycles. The van der Waals surface area contributed by atoms with Crippen molar-refractivity contribution in [3.05, 3.63) is 4.88 Å². The molecule has 2 heterocycles. The largest absolute Gasteiger partial charge is 0.394 e. The first-order valence-corrected chi connectivity index (χ1v) is 7.66. The SMILES string of the molecule is Nc1nc(N2CCC(N)CC2)sc1C(=O)NC(CO)CO. The van der Waals surface area contributed by atoms with E-state index in [2.05, 4.69) is 15.2 Å². The summed E-state index contributed by atoms with van der Waals surface area (Å²) in [6, 6.07) is -0.480. The second-order valence-electron chi connectivity index (χ2n) is 5.07. The average molecular weight is 315 g/mol. The number of carbonyl (C=O) groups excluding carboxylic acids is 1. The van der Waals surface area contributed by atoms with Gasteiger partial charge in [-0.3, -0.25) is 4.79 Å². The Hall–Kier alpha value is -1.42. The van der Waals surface area contributed by atoms with Crippen LogP contribution in [0.4, 0.5) is 10.9 Å². The van der Waals surface area contributed by atoms with Crippen LogP contribution in [-0.4, -0.2) is 59.5 Å². The Morgan fingerprint density at radius 1 is 1.43 bits per heavy atom. The van der Waals surface area contributed by atoms with E-state index in [0.717, 1.165) is 25.9 Å². The minimum Gasteiger partial charge on any atom is -0.394 e. The number of nitrogen functional groups attached to an aromatic ring is 1. The van der Waals surface area contributed by atoms with E-state index in [0.29, 0.717) is 10.0 Å². The molecule has 1 fully saturated rings. The molecule has 0 radical (unpaired) electrons. The summed E-state index contributed by atoms with van der Waals surface area (Å²) in [7, 11) is 0. The van der Waals surface area contributed by atoms with Crippen LogP contribution in [0.1, 0.15) is 22.5 Å². The molecule has 0 spiro atoms. The monoisotopic (exact) mass is 315 g/mol. The maximum absolute atomic E-state index is 12.1. The van der Waals surface area contributed by atoms with Crippen LogP contribution < -0.4 is 21.7 Å². The van der Waals surface area contributed by atoms with Gasteiger partial charge in [-0.15, -0.1) is 0 Å². The average Bonchev–Trinajstić information content (AvgIpc) is 2.87. The van der Waals surface area contributed by atoms with Crippen molar-refractivity contribution in [2.24, 2.45) is 5.73 Å². The third-order valence-electron chi connectivity index (χ3n) is 3.43. The quantitative estimate of drug-likeness (QED) is 0.457. The van der Waals surface area contributed by atoms with Gasteiger partial charge in [-0.2, -0.15) is 0 Å². The zero-order chi connectivity index (χ0) is 15.4. The van der Waals surface area contributed by atoms with E-state index in [1.165, 1.54) is 11.3 Å². The number of aliphatic hydroxyl groups is 2. The third-order valence-corrected chi connectivity index (χ3v) is 4.57. The molecule has 21 heavy (non-hydrogen) atoms. The molecule has 0 unspecified atom stereocenters. The number of anilines is 2. The first kappa shape index (κ1) is 16.0. The lowest BCUT2D eigenvalue weighted by atomic mass is 10.1. The number of hydrogen-bond acceptors (Lipinski definition) is 8. The maximum atomic E-state index is 12.1. The van der Waals surface area contributed by atoms with Crippen molar-refractivity contribution < 1.29 is 15.0 Å². The van der Waals surface area contributed by atoms with Gasteiger partial charge in [0.15, 0.2) is 5.13 Å². The Balaban J connectivity index is 2.06. The van der Waals surface area contributed by atoms with Gasteiger partial charge < -0.3 is 31.9 Å². The molecular weight excluding hydrogens is 294 g/mol. The predicted octanol–water partition coefficient (Wildman–Crippen LogP) is -1.26. The number of thiazole rings is 1. The molecule has 9 heteroatoms. The Kier molecular flexibility index (Phi) is 5.34. The van der Waals surface area contributed by atoms with Gasteiger partial charge in [-0.25, -0.2) is 4.98 Å². The highest BCUT2D eigenvalue weighted by molar-refractivity contribution is 7.18. The molecule has 7 N–H and O–H groups in total. The molecule has 118 valence electrons. The number of carbonyl (C=O) groups is 1. The highest BCUT2D eigenvalue weighted by Crippen LogP contribution is 2.29. The highest BCUT2D eigenvalue weighted by atomic mass is 32.1. The summed E-state index contributed by atoms with van der Waals surface area (Å²) in [6.45, 7) is 0.922. The van der Waals surface area contributed by atoms with E-state index in [1.807, 2.05) is 0 Å². The maximum Gasteiger partial charge on any atom is 0.265 e. The summed E-state index contributed by atoms with van der Waals surface area (Å²) < 4.78 is 0. The Morgan fingerprint density at radius 3 is 2.62 bits per heavy atom. The zero-order valence-corrected chi connectivity index (χ0v) is 12.5. The summed E-state index contributed by atoms with van der Waals surface area (Å²) in [5, 5.41) is 21.2. The second-order valence-corrected chi connectivity index (χ2v) is 6.05. The van der Waals surface area contributed by atoms with Crippen molar-refractivity contribution in [2.75, 3.05) is 36.9 Å². The van der Waals surface area contributed by atoms with Crippen LogP contribution in [0.5, 0.6) is 0 Å². The number of nitrogens with two attached hydrogens (primary N) is 2. The van der Waals surface area contributed by atoms with E-state index in [9.17, 15) is 4.79 Å². The van der Waals surface area contributed by atoms with Crippen LogP contribution in [-0.2, 0) is 0 Å². The molecule has 2 rings (SSSR count). The van der Waals surface area contributed by atoms with E-state index in [1.54, 1.807) is 0 Å². The van der Waals surface area contributed by atoms with Gasteiger partial charge >= 0.3 is 0 Å². The van der Waals surface area contributed by atoms with Crippen molar-refractivity contribution in [1.29, 1.82) is 0 Å². The summed E-state index contributed by atoms with van der Waals surface area (Å²) in [5.74, 6) is -0.268. The van der Waals surface area contributed by atoms with Crippen molar-refractivity contribution >= 4 is 28.2 Å². The van der Waals surface area contributed by atoms with E-state index in [4.69, 9.17) is 21.7 Å². The van der Waals surface area contributed by atoms with Crippen LogP contribution in [0.15, 0.2) is 0 Å². The van der Waals surface area contributed by atoms with Gasteiger partial charge in [0.2, 0.25) is 0 Å². The van der Waals surface area contributed by atoms with Crippen LogP contribution in [0.2, 0.25) is 0 Å². The summed E-state index contributed by atoms with van der Waals surface area (Å²) in [4.78, 5) is 18.7. The second kappa shape index (κ2) is 7.03. The molecule has 1 aliphatic rings. The molecule has 1 aromatic rings. The van der Waals surface area contributed by atoms with Crippen molar-refractivity contribution in [3.63, 3.8) is 0 Å². The fourth-order valence-electron chi connectivity index (χ4n) is 2.11. The fourth-order valence-corrected chi connectivity index (χ4v) is 3.05. The van der Waals surface area contributed by atoms with Gasteiger partial charge in [0.05, 0.1) is 19.3 Å². The summed E-state index contributed by atoms with van der Waals surface area (Å²) in [5.41, 5.74) is 11.7. The minimum absolute atomic E-state index is 0.164. The van der Waals surface area contributed by atoms with Crippen molar-refractivity contribution in [3.8, 4) is 0 Å². The van der Waals surface area contributed by atoms with Gasteiger partial charge in [-0.1, -0.05) is 11.3 Å². The molecular formula is C12H21N5O3S. The molecule has 1 amide bonds. The number of hydrogen-bond donors (Lipinski definition) is 5. The first-order valence-electron chi connectivity index (χ1n) is 6.84. The molecule has 8 nitrogen and oxygen atoms in total. The molecule has 1 saturated heterocycles. The number of amides is 1. The number of piperidine rings is 1. The predicted molar refractivity (Wildman–Crippen MR) is 81.4 cm³/mol. The fraction of sp³-hybridized carbons (Fsp3) is 0.667. The van der Waals surface area contributed by atoms with Gasteiger partial charge in [0.1, 0.15) is 10.7 Å². The van der Waals surface area contributed by atoms with E-state index >= 15 is 0 Å². The Morgan fingerprint density at radius 2 is 2.05 bits per heavy atom. The number of aliphatic hydroxyl groups excluding tert-OH is 2. The number of rotatable bonds is 5. The molecule has 0 atom stereocenters. The number of aromatic nitrogens is 1. The minimum atomic E-state index is -0.699. The molecule has 1 aromatic heterocycles. The van der Waals surface area contributed by atoms with Crippen LogP contribution >= 0.6 is 11.3 Å². The lowest BCUT2D eigenvalue weighted by molar-refractivity contribution is 0.0884. The number of nitrogens with zero attached hydrogens (tertiary/aromatic N) is 2. The highest BCUT2D eigenvalue weighted by Gasteiger charge is 2.23. The molecule has 0 aromatic carbocycles. The summed E-state index contributed by atoms with van der Waals surface area (Å²) >= 11 is 1.21. The zero-order valence-electron chi connectivity index (χ0n) is 11.7. The lowest BCUT2D eigenvalue weighted by Crippen LogP contribution is -2.40. The molecule has 0 bridgehead atoms. The first-order chi connectivity index (χ1) is 10.0. The smallest absolute Gasteiger partial charge is 0.265 e. The molecule has 0 saturated carbocycles. The third kappa shape index (κ3) is 3.82. The van der Waals surface area contributed by atoms with E-state index in [-0.39, 0.29) is 25.1 Å². The van der Waals surface area contributed by atoms with Crippen LogP contribution in [0.3, 0.4) is 0 Å². The lowest BCUT2D eigenvalue weighted by Gasteiger charge is -2.29. The standard InChI is InChI=1S/C12H21N5O3S/c13-7-1-3-17(4-2-7)12-16-10(14)9(21-12)11(20)15-8(5-18)6-19/h7-8,18-19H,1-6,13-14H2,(H,15,20). The van der Waals surface area contributed by atoms with Crippen molar-refractivity contribution in [1.82, 2.24) is 10.3 Å². The van der Waals surface area contributed by atoms with Crippen molar-refractivity contribution in [2.45, 2.75) is 24.9 Å². The topological polar surface area (TPSA) is 138 Å². The van der Waals surface area contributed by atoms with Gasteiger partial charge in [0.25, 0.3) is 5.91 Å². The number of nitrogens with one attached hydrogen (secondary N) is 1. The molecule has 0 aliphatic carbocycles. The van der Waals surface area contributed by atoms with Gasteiger partial charge in [-0.05, 0) is 12.8 Å². The Bertz CT molecular complexity index is 483. The van der Waals surface area contributed by atoms with E-state index < -0.39 is 11.9 Å². The Labute approximate surface area is 126 Å². The van der Waals surface area contributed by atoms with Gasteiger partial charge in [0, 0.05) is 19.1 Å². The van der Waals surface area contributed by atoms with Crippen LogP contribution in [0.25, 0.3) is 0 Å². The normalized spacial score (nSPS) is 16.5.